The SMILES string of the molecule is CCc1nc2ccccc2n1CN1C(C)=C(C(C)=O)C(c2ccc(C)cc2)C(C(C)=O)=C1C. The molecule has 0 saturated carbocycles. The number of ketones is 2. The zero-order valence-corrected chi connectivity index (χ0v) is 20.3. The van der Waals surface area contributed by atoms with Gasteiger partial charge in [-0.25, -0.2) is 4.98 Å². The van der Waals surface area contributed by atoms with Crippen molar-refractivity contribution in [2.24, 2.45) is 0 Å². The second-order valence-corrected chi connectivity index (χ2v) is 8.82. The van der Waals surface area contributed by atoms with E-state index >= 15 is 0 Å². The molecule has 5 heteroatoms. The molecule has 4 rings (SSSR count). The van der Waals surface area contributed by atoms with E-state index in [-0.39, 0.29) is 17.5 Å². The summed E-state index contributed by atoms with van der Waals surface area (Å²) < 4.78 is 2.18. The summed E-state index contributed by atoms with van der Waals surface area (Å²) in [4.78, 5) is 32.9. The molecule has 0 unspecified atom stereocenters. The van der Waals surface area contributed by atoms with Gasteiger partial charge in [-0.15, -0.1) is 0 Å². The lowest BCUT2D eigenvalue weighted by atomic mass is 9.77. The van der Waals surface area contributed by atoms with Crippen LogP contribution in [0.1, 0.15) is 57.5 Å². The molecule has 1 aliphatic heterocycles. The molecule has 0 bridgehead atoms. The highest BCUT2D eigenvalue weighted by Crippen LogP contribution is 2.43. The number of imidazole rings is 1. The van der Waals surface area contributed by atoms with Crippen molar-refractivity contribution in [3.8, 4) is 0 Å². The van der Waals surface area contributed by atoms with Crippen molar-refractivity contribution >= 4 is 22.6 Å². The van der Waals surface area contributed by atoms with E-state index in [4.69, 9.17) is 4.98 Å². The zero-order chi connectivity index (χ0) is 23.9. The van der Waals surface area contributed by atoms with Crippen LogP contribution in [0.4, 0.5) is 0 Å². The molecule has 0 spiro atoms. The second kappa shape index (κ2) is 8.81. The van der Waals surface area contributed by atoms with Crippen LogP contribution in [-0.2, 0) is 22.7 Å². The Balaban J connectivity index is 1.91. The van der Waals surface area contributed by atoms with E-state index in [1.54, 1.807) is 13.8 Å². The summed E-state index contributed by atoms with van der Waals surface area (Å²) in [6.07, 6.45) is 0.791. The minimum atomic E-state index is -0.359. The molecule has 0 N–H and O–H groups in total. The van der Waals surface area contributed by atoms with Gasteiger partial charge in [0, 0.05) is 34.9 Å². The van der Waals surface area contributed by atoms with Gasteiger partial charge in [0.15, 0.2) is 11.6 Å². The third-order valence-electron chi connectivity index (χ3n) is 6.67. The van der Waals surface area contributed by atoms with Gasteiger partial charge in [0.05, 0.1) is 11.0 Å². The summed E-state index contributed by atoms with van der Waals surface area (Å²) in [5.41, 5.74) is 7.23. The van der Waals surface area contributed by atoms with Gasteiger partial charge in [-0.3, -0.25) is 9.59 Å². The van der Waals surface area contributed by atoms with Gasteiger partial charge in [0.1, 0.15) is 12.5 Å². The average Bonchev–Trinajstić information content (AvgIpc) is 3.13. The predicted octanol–water partition coefficient (Wildman–Crippen LogP) is 5.69. The largest absolute Gasteiger partial charge is 0.330 e. The van der Waals surface area contributed by atoms with Gasteiger partial charge < -0.3 is 9.47 Å². The van der Waals surface area contributed by atoms with Crippen molar-refractivity contribution in [2.75, 3.05) is 0 Å². The highest BCUT2D eigenvalue weighted by atomic mass is 16.1. The molecule has 170 valence electrons. The number of allylic oxidation sites excluding steroid dienone is 4. The Morgan fingerprint density at radius 2 is 1.45 bits per heavy atom. The Kier molecular flexibility index (Phi) is 6.07. The first kappa shape index (κ1) is 22.7. The van der Waals surface area contributed by atoms with Gasteiger partial charge in [-0.05, 0) is 52.3 Å². The number of fused-ring (bicyclic) bond motifs is 1. The highest BCUT2D eigenvalue weighted by Gasteiger charge is 2.36. The first-order valence-electron chi connectivity index (χ1n) is 11.5. The van der Waals surface area contributed by atoms with Crippen LogP contribution in [0.2, 0.25) is 0 Å². The van der Waals surface area contributed by atoms with E-state index in [9.17, 15) is 9.59 Å². The molecule has 1 aromatic heterocycles. The lowest BCUT2D eigenvalue weighted by Gasteiger charge is -2.38. The first-order valence-corrected chi connectivity index (χ1v) is 11.5. The maximum atomic E-state index is 13.0. The Hall–Kier alpha value is -3.47. The quantitative estimate of drug-likeness (QED) is 0.493. The normalized spacial score (nSPS) is 15.0. The molecule has 2 heterocycles. The zero-order valence-electron chi connectivity index (χ0n) is 20.3. The van der Waals surface area contributed by atoms with E-state index in [0.717, 1.165) is 45.8 Å². The molecule has 33 heavy (non-hydrogen) atoms. The number of para-hydroxylation sites is 2. The molecule has 3 aromatic rings. The molecule has 1 aliphatic rings. The van der Waals surface area contributed by atoms with E-state index < -0.39 is 0 Å². The Labute approximate surface area is 195 Å². The smallest absolute Gasteiger partial charge is 0.158 e. The van der Waals surface area contributed by atoms with Crippen LogP contribution in [0.3, 0.4) is 0 Å². The maximum absolute atomic E-state index is 13.0. The Morgan fingerprint density at radius 3 is 2.00 bits per heavy atom. The molecule has 0 radical (unpaired) electrons. The van der Waals surface area contributed by atoms with Crippen LogP contribution in [0.15, 0.2) is 71.1 Å². The monoisotopic (exact) mass is 441 g/mol. The molecular weight excluding hydrogens is 410 g/mol. The molecule has 5 nitrogen and oxygen atoms in total. The van der Waals surface area contributed by atoms with Crippen molar-refractivity contribution in [3.05, 3.63) is 88.0 Å². The standard InChI is InChI=1S/C28H31N3O2/c1-7-25-29-23-10-8-9-11-24(23)31(25)16-30-18(3)26(20(5)32)28(27(19(30)4)21(6)33)22-14-12-17(2)13-15-22/h8-15,28H,7,16H2,1-6H3. The number of benzene rings is 2. The van der Waals surface area contributed by atoms with Gasteiger partial charge in [0.2, 0.25) is 0 Å². The van der Waals surface area contributed by atoms with E-state index in [2.05, 4.69) is 22.5 Å². The lowest BCUT2D eigenvalue weighted by molar-refractivity contribution is -0.114. The third-order valence-corrected chi connectivity index (χ3v) is 6.67. The summed E-state index contributed by atoms with van der Waals surface area (Å²) in [6, 6.07) is 16.2. The fourth-order valence-corrected chi connectivity index (χ4v) is 5.02. The molecule has 0 saturated heterocycles. The van der Waals surface area contributed by atoms with Crippen LogP contribution in [-0.4, -0.2) is 26.0 Å². The number of aryl methyl sites for hydroxylation is 2. The van der Waals surface area contributed by atoms with Gasteiger partial charge in [0.25, 0.3) is 0 Å². The summed E-state index contributed by atoms with van der Waals surface area (Å²) in [5, 5.41) is 0. The maximum Gasteiger partial charge on any atom is 0.158 e. The van der Waals surface area contributed by atoms with E-state index in [1.165, 1.54) is 0 Å². The number of carbonyl (C=O) groups is 2. The Morgan fingerprint density at radius 1 is 0.879 bits per heavy atom. The summed E-state index contributed by atoms with van der Waals surface area (Å²) in [7, 11) is 0. The van der Waals surface area contributed by atoms with Crippen LogP contribution >= 0.6 is 0 Å². The minimum Gasteiger partial charge on any atom is -0.330 e. The average molecular weight is 442 g/mol. The molecule has 0 atom stereocenters. The first-order chi connectivity index (χ1) is 15.7. The van der Waals surface area contributed by atoms with Gasteiger partial charge in [-0.2, -0.15) is 0 Å². The lowest BCUT2D eigenvalue weighted by Crippen LogP contribution is -2.35. The van der Waals surface area contributed by atoms with Crippen LogP contribution < -0.4 is 0 Å². The van der Waals surface area contributed by atoms with Crippen molar-refractivity contribution in [1.29, 1.82) is 0 Å². The topological polar surface area (TPSA) is 55.2 Å². The molecule has 0 amide bonds. The van der Waals surface area contributed by atoms with Crippen molar-refractivity contribution in [1.82, 2.24) is 14.5 Å². The number of hydrogen-bond acceptors (Lipinski definition) is 4. The highest BCUT2D eigenvalue weighted by molar-refractivity contribution is 6.03. The summed E-state index contributed by atoms with van der Waals surface area (Å²) >= 11 is 0. The second-order valence-electron chi connectivity index (χ2n) is 8.82. The van der Waals surface area contributed by atoms with E-state index in [0.29, 0.717) is 17.8 Å². The number of hydrogen-bond donors (Lipinski definition) is 0. The van der Waals surface area contributed by atoms with E-state index in [1.807, 2.05) is 63.2 Å². The summed E-state index contributed by atoms with van der Waals surface area (Å²) in [5.74, 6) is 0.592. The molecule has 0 aliphatic carbocycles. The van der Waals surface area contributed by atoms with Gasteiger partial charge >= 0.3 is 0 Å². The fraction of sp³-hybridized carbons (Fsp3) is 0.321. The third kappa shape index (κ3) is 3.92. The fourth-order valence-electron chi connectivity index (χ4n) is 5.02. The summed E-state index contributed by atoms with van der Waals surface area (Å²) in [6.45, 7) is 11.8. The minimum absolute atomic E-state index is 0.0134. The van der Waals surface area contributed by atoms with Crippen LogP contribution in [0, 0.1) is 6.92 Å². The Bertz CT molecular complexity index is 1270. The number of aromatic nitrogens is 2. The number of rotatable bonds is 6. The molecular formula is C28H31N3O2. The number of Topliss-reactive ketones (excluding diaryl/α,β-unsaturated/α-hetero) is 2. The number of carbonyl (C=O) groups excluding carboxylic acids is 2. The number of nitrogens with zero attached hydrogens (tertiary/aromatic N) is 3. The van der Waals surface area contributed by atoms with Gasteiger partial charge in [-0.1, -0.05) is 48.9 Å². The van der Waals surface area contributed by atoms with Crippen LogP contribution in [0.25, 0.3) is 11.0 Å². The molecule has 0 fully saturated rings. The molecule has 2 aromatic carbocycles. The van der Waals surface area contributed by atoms with Crippen molar-refractivity contribution in [3.63, 3.8) is 0 Å². The van der Waals surface area contributed by atoms with Crippen molar-refractivity contribution in [2.45, 2.75) is 60.5 Å². The predicted molar refractivity (Wildman–Crippen MR) is 132 cm³/mol. The van der Waals surface area contributed by atoms with Crippen LogP contribution in [0.5, 0.6) is 0 Å². The van der Waals surface area contributed by atoms with Crippen molar-refractivity contribution < 1.29 is 9.59 Å².